The lowest BCUT2D eigenvalue weighted by atomic mass is 10.3. The highest BCUT2D eigenvalue weighted by molar-refractivity contribution is 8.27. The van der Waals surface area contributed by atoms with Gasteiger partial charge in [-0.25, -0.2) is 16.8 Å². The van der Waals surface area contributed by atoms with Crippen LogP contribution in [-0.4, -0.2) is 25.0 Å². The Balaban J connectivity index is 2.22. The van der Waals surface area contributed by atoms with Gasteiger partial charge in [-0.05, 0) is 25.7 Å². The third-order valence-corrected chi connectivity index (χ3v) is 12.9. The molecule has 1 saturated heterocycles. The predicted molar refractivity (Wildman–Crippen MR) is 60.2 cm³/mol. The molecule has 2 saturated carbocycles. The van der Waals surface area contributed by atoms with E-state index in [0.29, 0.717) is 25.7 Å². The van der Waals surface area contributed by atoms with Gasteiger partial charge in [0.2, 0.25) is 0 Å². The van der Waals surface area contributed by atoms with Crippen molar-refractivity contribution in [3.8, 4) is 0 Å². The van der Waals surface area contributed by atoms with E-state index < -0.39 is 27.8 Å². The van der Waals surface area contributed by atoms with Gasteiger partial charge in [-0.15, -0.1) is 0 Å². The van der Waals surface area contributed by atoms with E-state index in [0.717, 1.165) is 25.7 Å². The molecule has 0 amide bonds. The van der Waals surface area contributed by atoms with Gasteiger partial charge in [-0.3, -0.25) is 0 Å². The Bertz CT molecular complexity index is 443. The van der Waals surface area contributed by atoms with E-state index in [1.165, 1.54) is 0 Å². The van der Waals surface area contributed by atoms with E-state index in [1.807, 2.05) is 0 Å². The lowest BCUT2D eigenvalue weighted by Gasteiger charge is -2.50. The minimum absolute atomic E-state index is 0.333. The summed E-state index contributed by atoms with van der Waals surface area (Å²) in [5.41, 5.74) is 0. The van der Waals surface area contributed by atoms with E-state index >= 15 is 0 Å². The summed E-state index contributed by atoms with van der Waals surface area (Å²) in [5, 5.41) is 0. The average molecular weight is 264 g/mol. The SMILES string of the molecule is O=S1(=O)C2(CCCC2)S(=O)(=O)C12CCCC2. The fourth-order valence-electron chi connectivity index (χ4n) is 3.84. The van der Waals surface area contributed by atoms with Crippen molar-refractivity contribution in [1.82, 2.24) is 0 Å². The molecule has 3 rings (SSSR count). The molecule has 2 spiro atoms. The van der Waals surface area contributed by atoms with E-state index in [2.05, 4.69) is 0 Å². The van der Waals surface area contributed by atoms with E-state index in [-0.39, 0.29) is 0 Å². The lowest BCUT2D eigenvalue weighted by Crippen LogP contribution is -2.72. The van der Waals surface area contributed by atoms with Crippen LogP contribution in [-0.2, 0) is 19.7 Å². The second-order valence-corrected chi connectivity index (χ2v) is 10.9. The molecule has 0 bridgehead atoms. The minimum atomic E-state index is -3.46. The van der Waals surface area contributed by atoms with Gasteiger partial charge in [0.15, 0.2) is 27.8 Å². The molecular weight excluding hydrogens is 248 g/mol. The van der Waals surface area contributed by atoms with E-state index in [9.17, 15) is 16.8 Å². The molecule has 0 aromatic rings. The summed E-state index contributed by atoms with van der Waals surface area (Å²) in [7, 11) is -6.91. The van der Waals surface area contributed by atoms with Gasteiger partial charge >= 0.3 is 0 Å². The first-order valence-electron chi connectivity index (χ1n) is 5.90. The van der Waals surface area contributed by atoms with Crippen molar-refractivity contribution >= 4 is 19.7 Å². The number of sulfone groups is 2. The normalized spacial score (nSPS) is 36.5. The number of hydrogen-bond acceptors (Lipinski definition) is 4. The molecule has 1 heterocycles. The quantitative estimate of drug-likeness (QED) is 0.662. The van der Waals surface area contributed by atoms with Crippen LogP contribution in [0.2, 0.25) is 0 Å². The van der Waals surface area contributed by atoms with Crippen LogP contribution in [0.1, 0.15) is 51.4 Å². The number of hydrogen-bond donors (Lipinski definition) is 0. The van der Waals surface area contributed by atoms with Crippen LogP contribution in [0.5, 0.6) is 0 Å². The summed E-state index contributed by atoms with van der Waals surface area (Å²) in [6.45, 7) is 0. The van der Waals surface area contributed by atoms with Crippen LogP contribution in [0, 0.1) is 0 Å². The van der Waals surface area contributed by atoms with Gasteiger partial charge in [0.05, 0.1) is 0 Å². The molecule has 3 fully saturated rings. The van der Waals surface area contributed by atoms with Gasteiger partial charge < -0.3 is 0 Å². The molecule has 2 aliphatic carbocycles. The largest absolute Gasteiger partial charge is 0.226 e. The molecule has 92 valence electrons. The summed E-state index contributed by atoms with van der Waals surface area (Å²) in [6, 6.07) is 0. The topological polar surface area (TPSA) is 68.3 Å². The van der Waals surface area contributed by atoms with Crippen LogP contribution in [0.3, 0.4) is 0 Å². The van der Waals surface area contributed by atoms with Crippen LogP contribution >= 0.6 is 0 Å². The highest BCUT2D eigenvalue weighted by atomic mass is 32.3. The maximum atomic E-state index is 12.4. The Morgan fingerprint density at radius 1 is 0.562 bits per heavy atom. The molecule has 1 aliphatic heterocycles. The average Bonchev–Trinajstić information content (AvgIpc) is 2.89. The zero-order valence-electron chi connectivity index (χ0n) is 9.11. The molecule has 0 atom stereocenters. The highest BCUT2D eigenvalue weighted by Gasteiger charge is 2.81. The molecule has 0 N–H and O–H groups in total. The van der Waals surface area contributed by atoms with Gasteiger partial charge in [-0.1, -0.05) is 25.7 Å². The minimum Gasteiger partial charge on any atom is -0.226 e. The summed E-state index contributed by atoms with van der Waals surface area (Å²) >= 11 is 0. The Morgan fingerprint density at radius 3 is 1.06 bits per heavy atom. The smallest absolute Gasteiger partial charge is 0.190 e. The van der Waals surface area contributed by atoms with Crippen molar-refractivity contribution in [2.24, 2.45) is 0 Å². The van der Waals surface area contributed by atoms with E-state index in [1.54, 1.807) is 0 Å². The van der Waals surface area contributed by atoms with Crippen molar-refractivity contribution in [3.63, 3.8) is 0 Å². The zero-order chi connectivity index (χ0) is 11.7. The first-order chi connectivity index (χ1) is 7.41. The highest BCUT2D eigenvalue weighted by Crippen LogP contribution is 2.64. The summed E-state index contributed by atoms with van der Waals surface area (Å²) < 4.78 is 47.0. The Kier molecular flexibility index (Phi) is 1.95. The summed E-state index contributed by atoms with van der Waals surface area (Å²) in [5.74, 6) is 0. The van der Waals surface area contributed by atoms with Crippen LogP contribution in [0.25, 0.3) is 0 Å². The van der Waals surface area contributed by atoms with Crippen molar-refractivity contribution in [2.75, 3.05) is 0 Å². The van der Waals surface area contributed by atoms with Gasteiger partial charge in [0.25, 0.3) is 0 Å². The molecule has 0 aromatic carbocycles. The van der Waals surface area contributed by atoms with Crippen LogP contribution in [0.4, 0.5) is 0 Å². The molecule has 4 nitrogen and oxygen atoms in total. The van der Waals surface area contributed by atoms with Gasteiger partial charge in [-0.2, -0.15) is 0 Å². The zero-order valence-corrected chi connectivity index (χ0v) is 10.7. The molecule has 6 heteroatoms. The Labute approximate surface area is 96.3 Å². The predicted octanol–water partition coefficient (Wildman–Crippen LogP) is 1.37. The summed E-state index contributed by atoms with van der Waals surface area (Å²) in [6.07, 6.45) is 4.25. The van der Waals surface area contributed by atoms with Crippen LogP contribution < -0.4 is 0 Å². The molecule has 3 aliphatic rings. The molecule has 16 heavy (non-hydrogen) atoms. The maximum absolute atomic E-state index is 12.4. The molecular formula is C10H16O4S2. The standard InChI is InChI=1S/C10H16O4S2/c11-15(12)9(5-1-2-6-9)16(13,14)10(15)7-3-4-8-10/h1-8H2. The fraction of sp³-hybridized carbons (Fsp3) is 1.00. The second kappa shape index (κ2) is 2.83. The van der Waals surface area contributed by atoms with Crippen molar-refractivity contribution in [2.45, 2.75) is 59.5 Å². The summed E-state index contributed by atoms with van der Waals surface area (Å²) in [4.78, 5) is 0. The third-order valence-electron chi connectivity index (χ3n) is 4.69. The third kappa shape index (κ3) is 0.796. The second-order valence-electron chi connectivity index (χ2n) is 5.24. The molecule has 0 radical (unpaired) electrons. The monoisotopic (exact) mass is 264 g/mol. The van der Waals surface area contributed by atoms with Crippen LogP contribution in [0.15, 0.2) is 0 Å². The fourth-order valence-corrected chi connectivity index (χ4v) is 12.2. The van der Waals surface area contributed by atoms with Gasteiger partial charge in [0, 0.05) is 0 Å². The maximum Gasteiger partial charge on any atom is 0.190 e. The van der Waals surface area contributed by atoms with E-state index in [4.69, 9.17) is 0 Å². The first kappa shape index (κ1) is 11.0. The van der Waals surface area contributed by atoms with Crippen molar-refractivity contribution in [3.05, 3.63) is 0 Å². The molecule has 0 unspecified atom stereocenters. The van der Waals surface area contributed by atoms with Crippen molar-refractivity contribution < 1.29 is 16.8 Å². The first-order valence-corrected chi connectivity index (χ1v) is 8.86. The lowest BCUT2D eigenvalue weighted by molar-refractivity contribution is 0.470. The molecule has 0 aromatic heterocycles. The Morgan fingerprint density at radius 2 is 0.812 bits per heavy atom. The Hall–Kier alpha value is -0.100. The number of rotatable bonds is 0. The van der Waals surface area contributed by atoms with Gasteiger partial charge in [0.1, 0.15) is 0 Å². The van der Waals surface area contributed by atoms with Crippen molar-refractivity contribution in [1.29, 1.82) is 0 Å².